The number of hydrogen-bond donors (Lipinski definition) is 2. The fourth-order valence-corrected chi connectivity index (χ4v) is 2.94. The molecular formula is C19H18N4O3. The monoisotopic (exact) mass is 350 g/mol. The number of allylic oxidation sites excluding steroid dienone is 1. The molecule has 7 nitrogen and oxygen atoms in total. The molecule has 1 aliphatic heterocycles. The number of aromatic nitrogens is 2. The van der Waals surface area contributed by atoms with Gasteiger partial charge in [-0.1, -0.05) is 12.0 Å². The minimum atomic E-state index is -0.414. The Morgan fingerprint density at radius 2 is 2.19 bits per heavy atom. The van der Waals surface area contributed by atoms with Crippen molar-refractivity contribution >= 4 is 0 Å². The predicted molar refractivity (Wildman–Crippen MR) is 94.6 cm³/mol. The molecule has 132 valence electrons. The number of aromatic amines is 1. The van der Waals surface area contributed by atoms with Gasteiger partial charge < -0.3 is 19.9 Å². The molecule has 0 radical (unpaired) electrons. The van der Waals surface area contributed by atoms with E-state index in [1.54, 1.807) is 6.07 Å². The van der Waals surface area contributed by atoms with Gasteiger partial charge in [0.15, 0.2) is 11.5 Å². The molecule has 0 spiro atoms. The first-order chi connectivity index (χ1) is 12.6. The number of nitriles is 1. The van der Waals surface area contributed by atoms with Crippen molar-refractivity contribution in [3.05, 3.63) is 46.5 Å². The lowest BCUT2D eigenvalue weighted by Crippen LogP contribution is -2.21. The molecule has 0 fully saturated rings. The summed E-state index contributed by atoms with van der Waals surface area (Å²) in [5.41, 5.74) is 8.65. The Morgan fingerprint density at radius 1 is 1.38 bits per heavy atom. The van der Waals surface area contributed by atoms with Crippen LogP contribution in [-0.2, 0) is 0 Å². The zero-order valence-electron chi connectivity index (χ0n) is 14.5. The maximum absolute atomic E-state index is 9.61. The molecule has 1 atom stereocenters. The number of nitrogens with two attached hydrogens (primary N) is 1. The summed E-state index contributed by atoms with van der Waals surface area (Å²) in [6, 6.07) is 7.60. The minimum Gasteiger partial charge on any atom is -0.490 e. The smallest absolute Gasteiger partial charge is 0.244 e. The Bertz CT molecular complexity index is 947. The van der Waals surface area contributed by atoms with Crippen molar-refractivity contribution < 1.29 is 14.2 Å². The SMILES string of the molecule is C#CCOc1ccc(C2C(C#N)=C(N)Oc3n[nH]c(C)c32)cc1OCC. The molecule has 0 amide bonds. The fourth-order valence-electron chi connectivity index (χ4n) is 2.94. The van der Waals surface area contributed by atoms with Crippen LogP contribution in [0.4, 0.5) is 0 Å². The highest BCUT2D eigenvalue weighted by molar-refractivity contribution is 5.57. The van der Waals surface area contributed by atoms with E-state index >= 15 is 0 Å². The lowest BCUT2D eigenvalue weighted by Gasteiger charge is -2.24. The fraction of sp³-hybridized carbons (Fsp3) is 0.263. The Kier molecular flexibility index (Phi) is 4.72. The maximum atomic E-state index is 9.61. The van der Waals surface area contributed by atoms with Gasteiger partial charge in [0.1, 0.15) is 18.2 Å². The van der Waals surface area contributed by atoms with Crippen molar-refractivity contribution in [2.45, 2.75) is 19.8 Å². The summed E-state index contributed by atoms with van der Waals surface area (Å²) < 4.78 is 16.7. The third-order valence-electron chi connectivity index (χ3n) is 4.04. The number of hydrogen-bond acceptors (Lipinski definition) is 6. The molecule has 7 heteroatoms. The third-order valence-corrected chi connectivity index (χ3v) is 4.04. The van der Waals surface area contributed by atoms with Crippen molar-refractivity contribution in [1.29, 1.82) is 5.26 Å². The second-order valence-corrected chi connectivity index (χ2v) is 5.62. The van der Waals surface area contributed by atoms with E-state index in [4.69, 9.17) is 26.4 Å². The molecule has 1 aromatic heterocycles. The van der Waals surface area contributed by atoms with E-state index in [2.05, 4.69) is 22.2 Å². The number of ether oxygens (including phenoxy) is 3. The van der Waals surface area contributed by atoms with E-state index < -0.39 is 5.92 Å². The molecule has 0 saturated heterocycles. The third kappa shape index (κ3) is 2.91. The molecule has 0 bridgehead atoms. The van der Waals surface area contributed by atoms with Crippen molar-refractivity contribution in [2.75, 3.05) is 13.2 Å². The summed E-state index contributed by atoms with van der Waals surface area (Å²) in [6.07, 6.45) is 5.26. The van der Waals surface area contributed by atoms with E-state index in [-0.39, 0.29) is 12.5 Å². The molecule has 1 aliphatic rings. The van der Waals surface area contributed by atoms with E-state index in [0.29, 0.717) is 29.6 Å². The van der Waals surface area contributed by atoms with Crippen LogP contribution in [0.5, 0.6) is 17.4 Å². The summed E-state index contributed by atoms with van der Waals surface area (Å²) in [6.45, 7) is 4.34. The van der Waals surface area contributed by atoms with Gasteiger partial charge in [-0.15, -0.1) is 11.5 Å². The molecule has 1 aromatic carbocycles. The highest BCUT2D eigenvalue weighted by Crippen LogP contribution is 2.44. The summed E-state index contributed by atoms with van der Waals surface area (Å²) in [5.74, 6) is 3.52. The lowest BCUT2D eigenvalue weighted by atomic mass is 9.84. The van der Waals surface area contributed by atoms with Gasteiger partial charge in [-0.2, -0.15) is 5.26 Å². The molecule has 2 heterocycles. The Morgan fingerprint density at radius 3 is 2.88 bits per heavy atom. The average molecular weight is 350 g/mol. The number of benzene rings is 1. The summed E-state index contributed by atoms with van der Waals surface area (Å²) in [5, 5.41) is 16.6. The van der Waals surface area contributed by atoms with Gasteiger partial charge in [-0.25, -0.2) is 0 Å². The van der Waals surface area contributed by atoms with Crippen molar-refractivity contribution in [2.24, 2.45) is 5.73 Å². The second kappa shape index (κ2) is 7.12. The number of nitrogens with one attached hydrogen (secondary N) is 1. The summed E-state index contributed by atoms with van der Waals surface area (Å²) in [4.78, 5) is 0. The molecule has 26 heavy (non-hydrogen) atoms. The van der Waals surface area contributed by atoms with Crippen LogP contribution in [-0.4, -0.2) is 23.4 Å². The predicted octanol–water partition coefficient (Wildman–Crippen LogP) is 2.35. The minimum absolute atomic E-state index is 0.0436. The van der Waals surface area contributed by atoms with Gasteiger partial charge >= 0.3 is 0 Å². The second-order valence-electron chi connectivity index (χ2n) is 5.62. The highest BCUT2D eigenvalue weighted by atomic mass is 16.5. The summed E-state index contributed by atoms with van der Waals surface area (Å²) >= 11 is 0. The Balaban J connectivity index is 2.12. The normalized spacial score (nSPS) is 15.5. The number of fused-ring (bicyclic) bond motifs is 1. The zero-order chi connectivity index (χ0) is 18.7. The largest absolute Gasteiger partial charge is 0.490 e. The first kappa shape index (κ1) is 17.2. The molecule has 3 N–H and O–H groups in total. The summed E-state index contributed by atoms with van der Waals surface area (Å²) in [7, 11) is 0. The first-order valence-corrected chi connectivity index (χ1v) is 8.06. The first-order valence-electron chi connectivity index (χ1n) is 8.06. The van der Waals surface area contributed by atoms with Crippen LogP contribution in [0.25, 0.3) is 0 Å². The van der Waals surface area contributed by atoms with Gasteiger partial charge in [0.05, 0.1) is 12.5 Å². The number of rotatable bonds is 5. The van der Waals surface area contributed by atoms with Crippen LogP contribution in [0.2, 0.25) is 0 Å². The van der Waals surface area contributed by atoms with Gasteiger partial charge in [-0.05, 0) is 31.5 Å². The van der Waals surface area contributed by atoms with Crippen LogP contribution in [0.3, 0.4) is 0 Å². The van der Waals surface area contributed by atoms with E-state index in [1.807, 2.05) is 26.0 Å². The number of terminal acetylenes is 1. The quantitative estimate of drug-likeness (QED) is 0.802. The topological polar surface area (TPSA) is 106 Å². The van der Waals surface area contributed by atoms with E-state index in [1.165, 1.54) is 0 Å². The van der Waals surface area contributed by atoms with Gasteiger partial charge in [-0.3, -0.25) is 5.10 Å². The van der Waals surface area contributed by atoms with Gasteiger partial charge in [0.2, 0.25) is 11.8 Å². The lowest BCUT2D eigenvalue weighted by molar-refractivity contribution is 0.299. The maximum Gasteiger partial charge on any atom is 0.244 e. The van der Waals surface area contributed by atoms with E-state index in [9.17, 15) is 5.26 Å². The van der Waals surface area contributed by atoms with Crippen molar-refractivity contribution in [3.63, 3.8) is 0 Å². The average Bonchev–Trinajstić information content (AvgIpc) is 3.00. The number of H-pyrrole nitrogens is 1. The van der Waals surface area contributed by atoms with Crippen molar-refractivity contribution in [3.8, 4) is 35.8 Å². The van der Waals surface area contributed by atoms with Crippen LogP contribution in [0.15, 0.2) is 29.7 Å². The van der Waals surface area contributed by atoms with E-state index in [0.717, 1.165) is 16.8 Å². The van der Waals surface area contributed by atoms with Gasteiger partial charge in [0, 0.05) is 11.3 Å². The molecular weight excluding hydrogens is 332 g/mol. The molecule has 0 saturated carbocycles. The zero-order valence-corrected chi connectivity index (χ0v) is 14.5. The standard InChI is InChI=1S/C19H18N4O3/c1-4-8-25-14-7-6-12(9-15(14)24-5-2)17-13(10-20)18(21)26-19-16(17)11(3)22-23-19/h1,6-7,9,17H,5,8,21H2,2-3H3,(H,22,23). The number of aryl methyl sites for hydroxylation is 1. The van der Waals surface area contributed by atoms with Crippen LogP contribution in [0, 0.1) is 30.6 Å². The molecule has 3 rings (SSSR count). The number of nitrogens with zero attached hydrogens (tertiary/aromatic N) is 2. The van der Waals surface area contributed by atoms with Crippen LogP contribution >= 0.6 is 0 Å². The Labute approximate surface area is 151 Å². The van der Waals surface area contributed by atoms with Crippen LogP contribution < -0.4 is 19.9 Å². The highest BCUT2D eigenvalue weighted by Gasteiger charge is 2.34. The molecule has 0 aliphatic carbocycles. The molecule has 2 aromatic rings. The molecule has 1 unspecified atom stereocenters. The Hall–Kier alpha value is -3.58. The van der Waals surface area contributed by atoms with Gasteiger partial charge in [0.25, 0.3) is 0 Å². The van der Waals surface area contributed by atoms with Crippen molar-refractivity contribution in [1.82, 2.24) is 10.2 Å². The van der Waals surface area contributed by atoms with Crippen LogP contribution in [0.1, 0.15) is 29.7 Å².